The zero-order valence-electron chi connectivity index (χ0n) is 21.8. The predicted molar refractivity (Wildman–Crippen MR) is 153 cm³/mol. The molecule has 1 unspecified atom stereocenters. The van der Waals surface area contributed by atoms with Gasteiger partial charge in [-0.15, -0.1) is 11.8 Å². The van der Waals surface area contributed by atoms with Crippen LogP contribution in [-0.4, -0.2) is 53.5 Å². The fraction of sp³-hybridized carbons (Fsp3) is 0.467. The average Bonchev–Trinajstić information content (AvgIpc) is 2.92. The quantitative estimate of drug-likeness (QED) is 0.171. The Morgan fingerprint density at radius 1 is 1.24 bits per heavy atom. The third-order valence-corrected chi connectivity index (χ3v) is 8.81. The van der Waals surface area contributed by atoms with Crippen LogP contribution in [0, 0.1) is 11.8 Å². The molecule has 0 bridgehead atoms. The van der Waals surface area contributed by atoms with Gasteiger partial charge in [-0.1, -0.05) is 17.7 Å². The molecule has 5 nitrogen and oxygen atoms in total. The number of rotatable bonds is 13. The molecule has 2 heterocycles. The molecule has 0 radical (unpaired) electrons. The van der Waals surface area contributed by atoms with E-state index in [1.54, 1.807) is 19.4 Å². The number of thioether (sulfide) groups is 1. The van der Waals surface area contributed by atoms with E-state index in [0.29, 0.717) is 30.1 Å². The lowest BCUT2D eigenvalue weighted by atomic mass is 9.79. The molecular formula is C30H36ClFN2O3S. The number of aliphatic carboxylic acids is 1. The number of carbonyl (C=O) groups is 1. The molecule has 3 atom stereocenters. The Morgan fingerprint density at radius 2 is 2.11 bits per heavy atom. The molecule has 38 heavy (non-hydrogen) atoms. The number of likely N-dealkylation sites (tertiary alicyclic amines) is 1. The first-order valence-electron chi connectivity index (χ1n) is 13.3. The lowest BCUT2D eigenvalue weighted by molar-refractivity contribution is -0.137. The molecule has 1 saturated heterocycles. The smallest absolute Gasteiger partial charge is 0.303 e. The van der Waals surface area contributed by atoms with Crippen LogP contribution in [0.1, 0.15) is 50.3 Å². The highest BCUT2D eigenvalue weighted by Gasteiger charge is 2.30. The summed E-state index contributed by atoms with van der Waals surface area (Å²) in [5.74, 6) is 1.52. The van der Waals surface area contributed by atoms with Crippen LogP contribution in [-0.2, 0) is 4.79 Å². The molecule has 2 aromatic carbocycles. The monoisotopic (exact) mass is 558 g/mol. The van der Waals surface area contributed by atoms with Crippen LogP contribution in [0.25, 0.3) is 10.9 Å². The van der Waals surface area contributed by atoms with Crippen LogP contribution in [0.3, 0.4) is 0 Å². The first-order chi connectivity index (χ1) is 18.4. The molecule has 3 aromatic rings. The van der Waals surface area contributed by atoms with E-state index in [2.05, 4.69) is 16.0 Å². The van der Waals surface area contributed by atoms with Gasteiger partial charge in [0.2, 0.25) is 0 Å². The lowest BCUT2D eigenvalue weighted by Crippen LogP contribution is -2.41. The third-order valence-electron chi connectivity index (χ3n) is 7.50. The summed E-state index contributed by atoms with van der Waals surface area (Å²) in [6, 6.07) is 15.2. The molecule has 1 aromatic heterocycles. The van der Waals surface area contributed by atoms with Gasteiger partial charge in [-0.25, -0.2) is 4.39 Å². The van der Waals surface area contributed by atoms with E-state index >= 15 is 4.39 Å². The summed E-state index contributed by atoms with van der Waals surface area (Å²) in [4.78, 5) is 19.3. The van der Waals surface area contributed by atoms with Crippen LogP contribution in [0.5, 0.6) is 5.75 Å². The minimum atomic E-state index is -1.10. The summed E-state index contributed by atoms with van der Waals surface area (Å²) in [5, 5.41) is 10.8. The maximum absolute atomic E-state index is 15.6. The van der Waals surface area contributed by atoms with Gasteiger partial charge < -0.3 is 14.7 Å². The zero-order chi connectivity index (χ0) is 26.9. The summed E-state index contributed by atoms with van der Waals surface area (Å²) >= 11 is 7.89. The van der Waals surface area contributed by atoms with Gasteiger partial charge in [-0.2, -0.15) is 0 Å². The minimum Gasteiger partial charge on any atom is -0.497 e. The summed E-state index contributed by atoms with van der Waals surface area (Å²) < 4.78 is 20.9. The van der Waals surface area contributed by atoms with E-state index in [4.69, 9.17) is 16.3 Å². The van der Waals surface area contributed by atoms with Crippen molar-refractivity contribution in [1.29, 1.82) is 0 Å². The van der Waals surface area contributed by atoms with Crippen molar-refractivity contribution in [3.05, 3.63) is 65.3 Å². The van der Waals surface area contributed by atoms with Gasteiger partial charge in [0.25, 0.3) is 0 Å². The highest BCUT2D eigenvalue weighted by molar-refractivity contribution is 7.99. The SMILES string of the molecule is COc1ccc2nccc(C(F)CC[C@@H]3CCN(CCCSc4cccc(Cl)c4)C[C@@H]3CCC(=O)O)c2c1. The molecule has 0 aliphatic carbocycles. The van der Waals surface area contributed by atoms with Crippen LogP contribution >= 0.6 is 23.4 Å². The number of hydrogen-bond acceptors (Lipinski definition) is 5. The highest BCUT2D eigenvalue weighted by atomic mass is 35.5. The fourth-order valence-electron chi connectivity index (χ4n) is 5.47. The summed E-state index contributed by atoms with van der Waals surface area (Å²) in [6.07, 6.45) is 4.55. The number of pyridine rings is 1. The molecule has 1 N–H and O–H groups in total. The van der Waals surface area contributed by atoms with E-state index in [1.165, 1.54) is 4.90 Å². The Hall–Kier alpha value is -2.35. The van der Waals surface area contributed by atoms with Gasteiger partial charge in [0.1, 0.15) is 11.9 Å². The van der Waals surface area contributed by atoms with Crippen molar-refractivity contribution in [3.8, 4) is 5.75 Å². The van der Waals surface area contributed by atoms with E-state index < -0.39 is 12.1 Å². The largest absolute Gasteiger partial charge is 0.497 e. The van der Waals surface area contributed by atoms with Gasteiger partial charge >= 0.3 is 5.97 Å². The first-order valence-corrected chi connectivity index (χ1v) is 14.7. The van der Waals surface area contributed by atoms with Crippen LogP contribution in [0.4, 0.5) is 4.39 Å². The molecule has 8 heteroatoms. The number of fused-ring (bicyclic) bond motifs is 1. The van der Waals surface area contributed by atoms with E-state index in [0.717, 1.165) is 60.6 Å². The first kappa shape index (κ1) is 28.7. The maximum Gasteiger partial charge on any atom is 0.303 e. The summed E-state index contributed by atoms with van der Waals surface area (Å²) in [6.45, 7) is 2.84. The number of halogens is 2. The third kappa shape index (κ3) is 8.08. The molecule has 0 spiro atoms. The van der Waals surface area contributed by atoms with Crippen molar-refractivity contribution in [1.82, 2.24) is 9.88 Å². The van der Waals surface area contributed by atoms with Gasteiger partial charge in [0.05, 0.1) is 12.6 Å². The Morgan fingerprint density at radius 3 is 2.89 bits per heavy atom. The van der Waals surface area contributed by atoms with Crippen LogP contribution in [0.2, 0.25) is 5.02 Å². The Balaban J connectivity index is 1.32. The molecule has 1 aliphatic heterocycles. The number of carboxylic acid groups (broad SMARTS) is 1. The summed E-state index contributed by atoms with van der Waals surface area (Å²) in [5.41, 5.74) is 1.40. The second-order valence-electron chi connectivity index (χ2n) is 10.0. The number of aromatic nitrogens is 1. The van der Waals surface area contributed by atoms with Crippen molar-refractivity contribution in [2.24, 2.45) is 11.8 Å². The highest BCUT2D eigenvalue weighted by Crippen LogP contribution is 2.36. The number of carboxylic acids is 1. The fourth-order valence-corrected chi connectivity index (χ4v) is 6.62. The molecule has 0 amide bonds. The van der Waals surface area contributed by atoms with Crippen LogP contribution < -0.4 is 4.74 Å². The summed E-state index contributed by atoms with van der Waals surface area (Å²) in [7, 11) is 1.60. The van der Waals surface area contributed by atoms with Gasteiger partial charge in [-0.05, 0) is 111 Å². The molecule has 204 valence electrons. The van der Waals surface area contributed by atoms with Gasteiger partial charge in [0.15, 0.2) is 0 Å². The van der Waals surface area contributed by atoms with Gasteiger partial charge in [-0.3, -0.25) is 9.78 Å². The predicted octanol–water partition coefficient (Wildman–Crippen LogP) is 7.67. The van der Waals surface area contributed by atoms with Crippen molar-refractivity contribution in [2.75, 3.05) is 32.5 Å². The number of benzene rings is 2. The Kier molecular flexibility index (Phi) is 10.7. The number of methoxy groups -OCH3 is 1. The number of ether oxygens (including phenoxy) is 1. The minimum absolute atomic E-state index is 0.160. The Bertz CT molecular complexity index is 1210. The standard InChI is InChI=1S/C30H36ClFN2O3S/c1-37-24-8-10-29-27(19-24)26(12-14-33-29)28(32)9-6-21-13-16-34(20-22(21)7-11-30(35)36)15-3-17-38-25-5-2-4-23(31)18-25/h2,4-5,8,10,12,14,18-19,21-22,28H,3,6-7,9,11,13,15-17,20H2,1H3,(H,35,36)/t21-,22+,28?/m1/s1. The molecule has 0 saturated carbocycles. The van der Waals surface area contributed by atoms with E-state index in [9.17, 15) is 9.90 Å². The van der Waals surface area contributed by atoms with Crippen molar-refractivity contribution in [3.63, 3.8) is 0 Å². The number of alkyl halides is 1. The topological polar surface area (TPSA) is 62.7 Å². The number of nitrogens with zero attached hydrogens (tertiary/aromatic N) is 2. The lowest BCUT2D eigenvalue weighted by Gasteiger charge is -2.39. The number of hydrogen-bond donors (Lipinski definition) is 1. The van der Waals surface area contributed by atoms with Crippen molar-refractivity contribution in [2.45, 2.75) is 49.6 Å². The maximum atomic E-state index is 15.6. The molecule has 4 rings (SSSR count). The van der Waals surface area contributed by atoms with Crippen LogP contribution in [0.15, 0.2) is 59.6 Å². The zero-order valence-corrected chi connectivity index (χ0v) is 23.4. The van der Waals surface area contributed by atoms with Gasteiger partial charge in [0, 0.05) is 34.5 Å². The molecular weight excluding hydrogens is 523 g/mol. The van der Waals surface area contributed by atoms with Crippen molar-refractivity contribution >= 4 is 40.2 Å². The van der Waals surface area contributed by atoms with E-state index in [1.807, 2.05) is 48.2 Å². The second kappa shape index (κ2) is 14.2. The average molecular weight is 559 g/mol. The van der Waals surface area contributed by atoms with E-state index in [-0.39, 0.29) is 12.3 Å². The molecule has 1 fully saturated rings. The Labute approximate surface area is 233 Å². The van der Waals surface area contributed by atoms with Crippen molar-refractivity contribution < 1.29 is 19.0 Å². The number of piperidine rings is 1. The molecule has 1 aliphatic rings. The second-order valence-corrected chi connectivity index (χ2v) is 11.6. The normalized spacial score (nSPS) is 18.9.